The Morgan fingerprint density at radius 2 is 2.00 bits per heavy atom. The van der Waals surface area contributed by atoms with Crippen molar-refractivity contribution in [3.8, 4) is 0 Å². The van der Waals surface area contributed by atoms with E-state index in [0.29, 0.717) is 0 Å². The lowest BCUT2D eigenvalue weighted by atomic mass is 9.86. The molecule has 86 valence electrons. The molecule has 0 amide bonds. The van der Waals surface area contributed by atoms with E-state index in [1.54, 1.807) is 0 Å². The first-order valence-electron chi connectivity index (χ1n) is 6.02. The van der Waals surface area contributed by atoms with E-state index in [1.807, 2.05) is 31.2 Å². The number of benzene rings is 2. The van der Waals surface area contributed by atoms with Crippen molar-refractivity contribution < 1.29 is 4.39 Å². The van der Waals surface area contributed by atoms with Gasteiger partial charge in [-0.3, -0.25) is 0 Å². The highest BCUT2D eigenvalue weighted by Crippen LogP contribution is 2.37. The number of hydrogen-bond donors (Lipinski definition) is 0. The second-order valence-electron chi connectivity index (χ2n) is 4.90. The maximum Gasteiger partial charge on any atom is 0.132 e. The van der Waals surface area contributed by atoms with Crippen molar-refractivity contribution >= 4 is 16.8 Å². The number of allylic oxidation sites excluding steroid dienone is 1. The summed E-state index contributed by atoms with van der Waals surface area (Å²) >= 11 is 0. The van der Waals surface area contributed by atoms with Gasteiger partial charge in [-0.15, -0.1) is 0 Å². The van der Waals surface area contributed by atoms with Crippen molar-refractivity contribution in [3.63, 3.8) is 0 Å². The summed E-state index contributed by atoms with van der Waals surface area (Å²) in [5, 5.41) is 2.35. The fraction of sp³-hybridized carbons (Fsp3) is 0.250. The Bertz CT molecular complexity index is 610. The third kappa shape index (κ3) is 1.57. The van der Waals surface area contributed by atoms with Crippen molar-refractivity contribution in [3.05, 3.63) is 53.1 Å². The summed E-state index contributed by atoms with van der Waals surface area (Å²) in [5.41, 5.74) is 3.10. The zero-order valence-electron chi connectivity index (χ0n) is 10.1. The summed E-state index contributed by atoms with van der Waals surface area (Å²) in [5.74, 6) is -0.0234. The number of halogens is 1. The van der Waals surface area contributed by atoms with Crippen LogP contribution in [0.2, 0.25) is 0 Å². The van der Waals surface area contributed by atoms with Crippen LogP contribution >= 0.6 is 0 Å². The normalized spacial score (nSPS) is 22.8. The largest absolute Gasteiger partial charge is 0.242 e. The molecule has 0 spiro atoms. The molecule has 0 heterocycles. The third-order valence-electron chi connectivity index (χ3n) is 3.64. The monoisotopic (exact) mass is 226 g/mol. The highest BCUT2D eigenvalue weighted by atomic mass is 19.1. The molecule has 0 saturated carbocycles. The fourth-order valence-corrected chi connectivity index (χ4v) is 2.54. The number of hydrogen-bond acceptors (Lipinski definition) is 0. The van der Waals surface area contributed by atoms with Crippen molar-refractivity contribution in [2.75, 3.05) is 0 Å². The van der Waals surface area contributed by atoms with Crippen molar-refractivity contribution in [1.82, 2.24) is 0 Å². The molecule has 1 heteroatoms. The summed E-state index contributed by atoms with van der Waals surface area (Å²) < 4.78 is 14.1. The van der Waals surface area contributed by atoms with Crippen molar-refractivity contribution in [2.45, 2.75) is 20.0 Å². The first-order valence-corrected chi connectivity index (χ1v) is 6.02. The predicted octanol–water partition coefficient (Wildman–Crippen LogP) is 4.82. The van der Waals surface area contributed by atoms with E-state index in [9.17, 15) is 4.39 Å². The first-order chi connectivity index (χ1) is 8.16. The van der Waals surface area contributed by atoms with Crippen LogP contribution in [0.15, 0.2) is 36.4 Å². The Labute approximate surface area is 101 Å². The van der Waals surface area contributed by atoms with Crippen LogP contribution in [0.4, 0.5) is 4.39 Å². The summed E-state index contributed by atoms with van der Waals surface area (Å²) in [6, 6.07) is 10.3. The van der Waals surface area contributed by atoms with Crippen LogP contribution in [0, 0.1) is 12.8 Å². The molecule has 17 heavy (non-hydrogen) atoms. The van der Waals surface area contributed by atoms with E-state index in [1.165, 1.54) is 10.9 Å². The molecule has 0 radical (unpaired) electrons. The van der Waals surface area contributed by atoms with Gasteiger partial charge in [0.2, 0.25) is 0 Å². The van der Waals surface area contributed by atoms with E-state index in [-0.39, 0.29) is 5.92 Å². The first kappa shape index (κ1) is 10.5. The number of rotatable bonds is 0. The molecule has 0 saturated heterocycles. The zero-order valence-corrected chi connectivity index (χ0v) is 10.1. The van der Waals surface area contributed by atoms with Crippen LogP contribution in [-0.4, -0.2) is 0 Å². The van der Waals surface area contributed by atoms with Gasteiger partial charge in [0.25, 0.3) is 0 Å². The second kappa shape index (κ2) is 3.69. The molecule has 0 aliphatic heterocycles. The summed E-state index contributed by atoms with van der Waals surface area (Å²) in [6.07, 6.45) is 3.12. The van der Waals surface area contributed by atoms with Crippen LogP contribution < -0.4 is 0 Å². The molecular formula is C16H15F. The molecule has 0 N–H and O–H groups in total. The average Bonchev–Trinajstić information content (AvgIpc) is 2.33. The van der Waals surface area contributed by atoms with Gasteiger partial charge >= 0.3 is 0 Å². The topological polar surface area (TPSA) is 0 Å². The van der Waals surface area contributed by atoms with Gasteiger partial charge < -0.3 is 0 Å². The van der Waals surface area contributed by atoms with Crippen molar-refractivity contribution in [1.29, 1.82) is 0 Å². The molecule has 0 fully saturated rings. The molecule has 0 nitrogen and oxygen atoms in total. The minimum absolute atomic E-state index is 0.0234. The van der Waals surface area contributed by atoms with Crippen LogP contribution in [0.5, 0.6) is 0 Å². The van der Waals surface area contributed by atoms with Gasteiger partial charge in [0.15, 0.2) is 0 Å². The minimum atomic E-state index is -0.875. The Balaban J connectivity index is 2.32. The Hall–Kier alpha value is -1.63. The summed E-state index contributed by atoms with van der Waals surface area (Å²) in [4.78, 5) is 0. The zero-order chi connectivity index (χ0) is 12.0. The second-order valence-corrected chi connectivity index (χ2v) is 4.90. The summed E-state index contributed by atoms with van der Waals surface area (Å²) in [7, 11) is 0. The fourth-order valence-electron chi connectivity index (χ4n) is 2.54. The lowest BCUT2D eigenvalue weighted by molar-refractivity contribution is 0.280. The highest BCUT2D eigenvalue weighted by molar-refractivity contribution is 5.89. The van der Waals surface area contributed by atoms with Gasteiger partial charge in [-0.25, -0.2) is 4.39 Å². The number of aryl methyl sites for hydroxylation is 1. The highest BCUT2D eigenvalue weighted by Gasteiger charge is 2.22. The lowest BCUT2D eigenvalue weighted by Crippen LogP contribution is -2.08. The maximum absolute atomic E-state index is 14.1. The molecule has 2 unspecified atom stereocenters. The van der Waals surface area contributed by atoms with Gasteiger partial charge in [0.05, 0.1) is 0 Å². The van der Waals surface area contributed by atoms with E-state index < -0.39 is 6.17 Å². The maximum atomic E-state index is 14.1. The van der Waals surface area contributed by atoms with Gasteiger partial charge in [0.1, 0.15) is 6.17 Å². The van der Waals surface area contributed by atoms with E-state index in [2.05, 4.69) is 25.1 Å². The van der Waals surface area contributed by atoms with E-state index >= 15 is 0 Å². The van der Waals surface area contributed by atoms with Gasteiger partial charge in [0, 0.05) is 5.92 Å². The molecule has 2 aromatic rings. The molecule has 0 bridgehead atoms. The predicted molar refractivity (Wildman–Crippen MR) is 70.7 cm³/mol. The molecule has 1 aliphatic rings. The number of alkyl halides is 1. The molecule has 2 aromatic carbocycles. The smallest absolute Gasteiger partial charge is 0.132 e. The van der Waals surface area contributed by atoms with Gasteiger partial charge in [-0.05, 0) is 46.5 Å². The molecule has 2 atom stereocenters. The summed E-state index contributed by atoms with van der Waals surface area (Å²) in [6.45, 7) is 4.02. The molecule has 0 aromatic heterocycles. The van der Waals surface area contributed by atoms with Crippen LogP contribution in [-0.2, 0) is 0 Å². The quantitative estimate of drug-likeness (QED) is 0.604. The van der Waals surface area contributed by atoms with E-state index in [4.69, 9.17) is 0 Å². The standard InChI is InChI=1S/C16H15F/c1-10-4-3-5-12-9-15-13(8-14(10)12)7-6-11(2)16(15)17/h3-9,11,16H,1-2H3. The van der Waals surface area contributed by atoms with Gasteiger partial charge in [-0.2, -0.15) is 0 Å². The molecule has 1 aliphatic carbocycles. The lowest BCUT2D eigenvalue weighted by Gasteiger charge is -2.21. The average molecular weight is 226 g/mol. The third-order valence-corrected chi connectivity index (χ3v) is 3.64. The Kier molecular flexibility index (Phi) is 2.29. The number of fused-ring (bicyclic) bond motifs is 2. The van der Waals surface area contributed by atoms with Crippen LogP contribution in [0.25, 0.3) is 16.8 Å². The Morgan fingerprint density at radius 1 is 1.18 bits per heavy atom. The SMILES string of the molecule is Cc1cccc2cc3c(cc12)C=CC(C)C3F. The van der Waals surface area contributed by atoms with Crippen molar-refractivity contribution in [2.24, 2.45) is 5.92 Å². The minimum Gasteiger partial charge on any atom is -0.242 e. The van der Waals surface area contributed by atoms with Crippen LogP contribution in [0.3, 0.4) is 0 Å². The molecule has 3 rings (SSSR count). The molecular weight excluding hydrogens is 211 g/mol. The van der Waals surface area contributed by atoms with Gasteiger partial charge in [-0.1, -0.05) is 37.3 Å². The Morgan fingerprint density at radius 3 is 2.82 bits per heavy atom. The van der Waals surface area contributed by atoms with Crippen LogP contribution in [0.1, 0.15) is 29.8 Å². The van der Waals surface area contributed by atoms with E-state index in [0.717, 1.165) is 16.5 Å².